The molecule has 0 aliphatic rings. The highest BCUT2D eigenvalue weighted by Crippen LogP contribution is 2.30. The van der Waals surface area contributed by atoms with Crippen LogP contribution in [0.5, 0.6) is 0 Å². The monoisotopic (exact) mass is 388 g/mol. The summed E-state index contributed by atoms with van der Waals surface area (Å²) in [5, 5.41) is 0. The van der Waals surface area contributed by atoms with Gasteiger partial charge in [0.2, 0.25) is 5.95 Å². The summed E-state index contributed by atoms with van der Waals surface area (Å²) in [6.45, 7) is 4.15. The van der Waals surface area contributed by atoms with Gasteiger partial charge in [-0.3, -0.25) is 9.59 Å². The number of benzene rings is 2. The van der Waals surface area contributed by atoms with Gasteiger partial charge in [0.05, 0.1) is 23.0 Å². The maximum absolute atomic E-state index is 13.5. The van der Waals surface area contributed by atoms with E-state index in [1.54, 1.807) is 0 Å². The van der Waals surface area contributed by atoms with Crippen LogP contribution < -0.4 is 10.6 Å². The summed E-state index contributed by atoms with van der Waals surface area (Å²) in [7, 11) is 0. The number of rotatable bonds is 5. The first-order valence-electron chi connectivity index (χ1n) is 9.18. The number of carbonyl (C=O) groups is 2. The molecule has 146 valence electrons. The molecule has 2 aromatic carbocycles. The van der Waals surface area contributed by atoms with Crippen LogP contribution in [0.3, 0.4) is 0 Å². The lowest BCUT2D eigenvalue weighted by molar-refractivity contribution is 0.0961. The van der Waals surface area contributed by atoms with Gasteiger partial charge in [-0.05, 0) is 35.7 Å². The Morgan fingerprint density at radius 2 is 1.90 bits per heavy atom. The molecular weight excluding hydrogens is 368 g/mol. The van der Waals surface area contributed by atoms with Crippen molar-refractivity contribution in [3.8, 4) is 0 Å². The van der Waals surface area contributed by atoms with Crippen LogP contribution in [0.15, 0.2) is 54.9 Å². The first kappa shape index (κ1) is 18.4. The quantitative estimate of drug-likeness (QED) is 0.484. The summed E-state index contributed by atoms with van der Waals surface area (Å²) in [6, 6.07) is 15.1. The van der Waals surface area contributed by atoms with E-state index in [1.165, 1.54) is 11.2 Å². The fraction of sp³-hybridized carbons (Fsp3) is 0.143. The second-order valence-electron chi connectivity index (χ2n) is 6.96. The van der Waals surface area contributed by atoms with Crippen LogP contribution in [0.25, 0.3) is 11.0 Å². The number of anilines is 2. The lowest BCUT2D eigenvalue weighted by atomic mass is 10.0. The van der Waals surface area contributed by atoms with Crippen LogP contribution in [0.4, 0.5) is 11.6 Å². The molecule has 29 heavy (non-hydrogen) atoms. The van der Waals surface area contributed by atoms with Crippen LogP contribution in [0.1, 0.15) is 46.3 Å². The number of fused-ring (bicyclic) bond motifs is 1. The van der Waals surface area contributed by atoms with E-state index < -0.39 is 11.8 Å². The summed E-state index contributed by atoms with van der Waals surface area (Å²) >= 11 is 0. The Morgan fingerprint density at radius 1 is 1.10 bits per heavy atom. The second-order valence-corrected chi connectivity index (χ2v) is 6.96. The van der Waals surface area contributed by atoms with Crippen LogP contribution in [-0.2, 0) is 0 Å². The predicted octanol–water partition coefficient (Wildman–Crippen LogP) is 3.49. The fourth-order valence-corrected chi connectivity index (χ4v) is 3.15. The van der Waals surface area contributed by atoms with E-state index in [1.807, 2.05) is 48.5 Å². The van der Waals surface area contributed by atoms with Crippen molar-refractivity contribution in [2.45, 2.75) is 19.8 Å². The third-order valence-electron chi connectivity index (χ3n) is 4.68. The maximum atomic E-state index is 13.5. The van der Waals surface area contributed by atoms with Gasteiger partial charge in [-0.1, -0.05) is 38.1 Å². The van der Waals surface area contributed by atoms with Crippen LogP contribution in [-0.4, -0.2) is 31.8 Å². The van der Waals surface area contributed by atoms with E-state index in [-0.39, 0.29) is 17.3 Å². The Morgan fingerprint density at radius 3 is 2.62 bits per heavy atom. The molecule has 0 saturated carbocycles. The van der Waals surface area contributed by atoms with Gasteiger partial charge in [0, 0.05) is 0 Å². The number of nitrogens with two attached hydrogens (primary N) is 1. The zero-order chi connectivity index (χ0) is 20.5. The molecule has 0 saturated heterocycles. The highest BCUT2D eigenvalue weighted by Gasteiger charge is 2.28. The number of aromatic amines is 2. The minimum atomic E-state index is -0.758. The first-order valence-corrected chi connectivity index (χ1v) is 9.18. The lowest BCUT2D eigenvalue weighted by Gasteiger charge is -2.21. The van der Waals surface area contributed by atoms with Gasteiger partial charge in [-0.2, -0.15) is 0 Å². The van der Waals surface area contributed by atoms with E-state index in [2.05, 4.69) is 33.8 Å². The number of para-hydroxylation sites is 2. The Labute approximate surface area is 166 Å². The molecule has 0 bridgehead atoms. The number of H-pyrrole nitrogens is 2. The minimum Gasteiger partial charge on any atom is -0.364 e. The maximum Gasteiger partial charge on any atom is 0.286 e. The summed E-state index contributed by atoms with van der Waals surface area (Å²) in [5.74, 6) is -0.670. The number of aromatic nitrogens is 4. The van der Waals surface area contributed by atoms with Crippen molar-refractivity contribution in [3.63, 3.8) is 0 Å². The Kier molecular flexibility index (Phi) is 4.59. The third-order valence-corrected chi connectivity index (χ3v) is 4.68. The Balaban J connectivity index is 1.89. The third kappa shape index (κ3) is 3.36. The zero-order valence-corrected chi connectivity index (χ0v) is 16.0. The van der Waals surface area contributed by atoms with Gasteiger partial charge in [-0.25, -0.2) is 14.9 Å². The van der Waals surface area contributed by atoms with Gasteiger partial charge < -0.3 is 15.7 Å². The van der Waals surface area contributed by atoms with Crippen LogP contribution >= 0.6 is 0 Å². The molecule has 8 nitrogen and oxygen atoms in total. The summed E-state index contributed by atoms with van der Waals surface area (Å²) in [5.41, 5.74) is 8.47. The van der Waals surface area contributed by atoms with E-state index in [0.717, 1.165) is 16.6 Å². The van der Waals surface area contributed by atoms with Crippen molar-refractivity contribution in [2.75, 3.05) is 4.90 Å². The average Bonchev–Trinajstić information content (AvgIpc) is 3.35. The topological polar surface area (TPSA) is 121 Å². The molecule has 2 aromatic heterocycles. The van der Waals surface area contributed by atoms with Crippen LogP contribution in [0, 0.1) is 0 Å². The van der Waals surface area contributed by atoms with E-state index >= 15 is 0 Å². The normalized spacial score (nSPS) is 11.1. The fourth-order valence-electron chi connectivity index (χ4n) is 3.15. The molecule has 2 heterocycles. The number of hydrogen-bond acceptors (Lipinski definition) is 4. The van der Waals surface area contributed by atoms with Crippen LogP contribution in [0.2, 0.25) is 0 Å². The van der Waals surface area contributed by atoms with E-state index in [9.17, 15) is 9.59 Å². The van der Waals surface area contributed by atoms with Crippen molar-refractivity contribution < 1.29 is 9.59 Å². The largest absolute Gasteiger partial charge is 0.364 e. The molecule has 0 atom stereocenters. The van der Waals surface area contributed by atoms with E-state index in [4.69, 9.17) is 5.73 Å². The Bertz CT molecular complexity index is 1170. The molecule has 4 N–H and O–H groups in total. The van der Waals surface area contributed by atoms with Crippen molar-refractivity contribution in [1.29, 1.82) is 0 Å². The van der Waals surface area contributed by atoms with Crippen molar-refractivity contribution in [2.24, 2.45) is 5.73 Å². The molecule has 8 heteroatoms. The van der Waals surface area contributed by atoms with Gasteiger partial charge in [-0.15, -0.1) is 0 Å². The molecule has 4 rings (SSSR count). The highest BCUT2D eigenvalue weighted by molar-refractivity contribution is 6.14. The number of imidazole rings is 2. The second kappa shape index (κ2) is 7.23. The molecule has 0 spiro atoms. The number of primary amides is 1. The van der Waals surface area contributed by atoms with Crippen molar-refractivity contribution in [1.82, 2.24) is 19.9 Å². The average molecular weight is 388 g/mol. The number of nitrogens with one attached hydrogen (secondary N) is 2. The highest BCUT2D eigenvalue weighted by atomic mass is 16.2. The van der Waals surface area contributed by atoms with Crippen molar-refractivity contribution in [3.05, 3.63) is 71.8 Å². The standard InChI is InChI=1S/C21H20N6O2/c1-12(2)13-6-5-7-14(10-13)27(20(29)18-17(19(22)28)23-11-24-18)21-25-15-8-3-4-9-16(15)26-21/h3-12H,1-2H3,(H2,22,28)(H,23,24)(H,25,26). The van der Waals surface area contributed by atoms with Gasteiger partial charge in [0.15, 0.2) is 5.69 Å². The molecule has 0 aliphatic carbocycles. The molecule has 0 fully saturated rings. The molecule has 2 amide bonds. The number of nitrogens with zero attached hydrogens (tertiary/aromatic N) is 3. The predicted molar refractivity (Wildman–Crippen MR) is 110 cm³/mol. The lowest BCUT2D eigenvalue weighted by Crippen LogP contribution is -2.30. The van der Waals surface area contributed by atoms with Gasteiger partial charge in [0.25, 0.3) is 11.8 Å². The first-order chi connectivity index (χ1) is 14.0. The SMILES string of the molecule is CC(C)c1cccc(N(C(=O)c2nc[nH]c2C(N)=O)c2nc3ccccc3[nH]2)c1. The molecule has 4 aromatic rings. The summed E-state index contributed by atoms with van der Waals surface area (Å²) in [4.78, 5) is 41.0. The minimum absolute atomic E-state index is 0.0453. The summed E-state index contributed by atoms with van der Waals surface area (Å²) in [6.07, 6.45) is 1.27. The Hall–Kier alpha value is -3.94. The zero-order valence-electron chi connectivity index (χ0n) is 16.0. The number of amides is 2. The van der Waals surface area contributed by atoms with Gasteiger partial charge >= 0.3 is 0 Å². The number of carbonyl (C=O) groups excluding carboxylic acids is 2. The molecular formula is C21H20N6O2. The van der Waals surface area contributed by atoms with Gasteiger partial charge in [0.1, 0.15) is 5.69 Å². The smallest absolute Gasteiger partial charge is 0.286 e. The van der Waals surface area contributed by atoms with E-state index in [0.29, 0.717) is 11.6 Å². The molecule has 0 aliphatic heterocycles. The van der Waals surface area contributed by atoms with Crippen molar-refractivity contribution >= 4 is 34.5 Å². The molecule has 0 radical (unpaired) electrons. The number of hydrogen-bond donors (Lipinski definition) is 3. The summed E-state index contributed by atoms with van der Waals surface area (Å²) < 4.78 is 0. The molecule has 0 unspecified atom stereocenters.